The van der Waals surface area contributed by atoms with E-state index in [1.807, 2.05) is 6.07 Å². The maximum absolute atomic E-state index is 8.52. The first-order chi connectivity index (χ1) is 5.86. The fourth-order valence-corrected chi connectivity index (χ4v) is 0.806. The van der Waals surface area contributed by atoms with Gasteiger partial charge < -0.3 is 15.2 Å². The summed E-state index contributed by atoms with van der Waals surface area (Å²) in [5.41, 5.74) is 0.879. The van der Waals surface area contributed by atoms with Crippen LogP contribution in [0, 0.1) is 0 Å². The van der Waals surface area contributed by atoms with E-state index in [2.05, 4.69) is 10.3 Å². The molecule has 0 saturated heterocycles. The maximum Gasteiger partial charge on any atom is 0.213 e. The van der Waals surface area contributed by atoms with E-state index in [-0.39, 0.29) is 6.61 Å². The number of ether oxygens (including phenoxy) is 1. The molecule has 0 aliphatic rings. The lowest BCUT2D eigenvalue weighted by Gasteiger charge is -2.03. The van der Waals surface area contributed by atoms with Gasteiger partial charge in [0.2, 0.25) is 5.88 Å². The summed E-state index contributed by atoms with van der Waals surface area (Å²) in [6.45, 7) is 0.653. The molecule has 1 heterocycles. The van der Waals surface area contributed by atoms with Crippen LogP contribution in [0.25, 0.3) is 0 Å². The molecule has 0 aromatic carbocycles. The van der Waals surface area contributed by atoms with Crippen molar-refractivity contribution in [2.24, 2.45) is 0 Å². The van der Waals surface area contributed by atoms with Crippen molar-refractivity contribution in [2.75, 3.05) is 25.6 Å². The zero-order valence-corrected chi connectivity index (χ0v) is 6.95. The second-order valence-corrected chi connectivity index (χ2v) is 2.24. The van der Waals surface area contributed by atoms with Crippen LogP contribution in [0.5, 0.6) is 5.88 Å². The van der Waals surface area contributed by atoms with Crippen molar-refractivity contribution in [3.05, 3.63) is 18.3 Å². The van der Waals surface area contributed by atoms with Crippen LogP contribution >= 0.6 is 0 Å². The summed E-state index contributed by atoms with van der Waals surface area (Å²) in [6.07, 6.45) is 1.66. The van der Waals surface area contributed by atoms with Crippen LogP contribution in [0.15, 0.2) is 18.3 Å². The zero-order chi connectivity index (χ0) is 8.81. The predicted molar refractivity (Wildman–Crippen MR) is 46.4 cm³/mol. The van der Waals surface area contributed by atoms with Gasteiger partial charge in [0.05, 0.1) is 25.6 Å². The molecule has 0 amide bonds. The number of hydrogen-bond donors (Lipinski definition) is 2. The van der Waals surface area contributed by atoms with Gasteiger partial charge in [0, 0.05) is 12.6 Å². The Bertz CT molecular complexity index is 223. The summed E-state index contributed by atoms with van der Waals surface area (Å²) in [4.78, 5) is 3.98. The van der Waals surface area contributed by atoms with Gasteiger partial charge in [-0.3, -0.25) is 0 Å². The van der Waals surface area contributed by atoms with E-state index in [4.69, 9.17) is 9.84 Å². The Morgan fingerprint density at radius 1 is 1.58 bits per heavy atom. The van der Waals surface area contributed by atoms with Crippen LogP contribution in [-0.4, -0.2) is 30.4 Å². The number of nitrogens with one attached hydrogen (secondary N) is 1. The van der Waals surface area contributed by atoms with Crippen molar-refractivity contribution in [2.45, 2.75) is 0 Å². The molecular weight excluding hydrogens is 156 g/mol. The van der Waals surface area contributed by atoms with Crippen LogP contribution in [0.1, 0.15) is 0 Å². The summed E-state index contributed by atoms with van der Waals surface area (Å²) in [5, 5.41) is 11.5. The highest BCUT2D eigenvalue weighted by molar-refractivity contribution is 5.41. The lowest BCUT2D eigenvalue weighted by atomic mass is 10.4. The first-order valence-corrected chi connectivity index (χ1v) is 3.71. The van der Waals surface area contributed by atoms with Crippen LogP contribution < -0.4 is 10.1 Å². The summed E-state index contributed by atoms with van der Waals surface area (Å²) < 4.78 is 4.89. The van der Waals surface area contributed by atoms with Gasteiger partial charge in [-0.1, -0.05) is 0 Å². The monoisotopic (exact) mass is 168 g/mol. The fourth-order valence-electron chi connectivity index (χ4n) is 0.806. The van der Waals surface area contributed by atoms with E-state index in [0.29, 0.717) is 12.4 Å². The van der Waals surface area contributed by atoms with Crippen molar-refractivity contribution >= 4 is 5.69 Å². The molecule has 0 aliphatic carbocycles. The van der Waals surface area contributed by atoms with Gasteiger partial charge in [0.25, 0.3) is 0 Å². The number of rotatable bonds is 4. The standard InChI is InChI=1S/C8H12N2O2/c1-12-8-3-2-7(6-10-8)9-4-5-11/h2-3,6,9,11H,4-5H2,1H3. The Morgan fingerprint density at radius 3 is 2.92 bits per heavy atom. The van der Waals surface area contributed by atoms with Crippen molar-refractivity contribution in [3.8, 4) is 5.88 Å². The third-order valence-corrected chi connectivity index (χ3v) is 1.39. The molecule has 1 aromatic heterocycles. The fraction of sp³-hybridized carbons (Fsp3) is 0.375. The first kappa shape index (κ1) is 8.80. The van der Waals surface area contributed by atoms with Gasteiger partial charge in [-0.15, -0.1) is 0 Å². The lowest BCUT2D eigenvalue weighted by molar-refractivity contribution is 0.311. The molecule has 0 saturated carbocycles. The molecule has 0 bridgehead atoms. The molecule has 1 rings (SSSR count). The molecule has 0 aliphatic heterocycles. The van der Waals surface area contributed by atoms with Crippen LogP contribution in [0.2, 0.25) is 0 Å². The Balaban J connectivity index is 2.53. The van der Waals surface area contributed by atoms with Gasteiger partial charge in [-0.2, -0.15) is 0 Å². The molecule has 2 N–H and O–H groups in total. The smallest absolute Gasteiger partial charge is 0.213 e. The van der Waals surface area contributed by atoms with E-state index in [1.165, 1.54) is 0 Å². The molecular formula is C8H12N2O2. The average molecular weight is 168 g/mol. The molecule has 4 heteroatoms. The number of methoxy groups -OCH3 is 1. The third kappa shape index (κ3) is 2.39. The lowest BCUT2D eigenvalue weighted by Crippen LogP contribution is -2.05. The van der Waals surface area contributed by atoms with Crippen molar-refractivity contribution in [3.63, 3.8) is 0 Å². The minimum Gasteiger partial charge on any atom is -0.481 e. The van der Waals surface area contributed by atoms with Crippen molar-refractivity contribution < 1.29 is 9.84 Å². The molecule has 0 radical (unpaired) electrons. The second-order valence-electron chi connectivity index (χ2n) is 2.24. The maximum atomic E-state index is 8.52. The summed E-state index contributed by atoms with van der Waals surface area (Å²) in [7, 11) is 1.57. The molecule has 0 spiro atoms. The van der Waals surface area contributed by atoms with E-state index < -0.39 is 0 Å². The quantitative estimate of drug-likeness (QED) is 0.687. The minimum absolute atomic E-state index is 0.117. The molecule has 12 heavy (non-hydrogen) atoms. The normalized spacial score (nSPS) is 9.50. The number of aliphatic hydroxyl groups excluding tert-OH is 1. The highest BCUT2D eigenvalue weighted by atomic mass is 16.5. The first-order valence-electron chi connectivity index (χ1n) is 3.71. The van der Waals surface area contributed by atoms with E-state index in [0.717, 1.165) is 5.69 Å². The van der Waals surface area contributed by atoms with Gasteiger partial charge in [0.1, 0.15) is 0 Å². The Hall–Kier alpha value is -1.29. The number of nitrogens with zero attached hydrogens (tertiary/aromatic N) is 1. The van der Waals surface area contributed by atoms with Crippen molar-refractivity contribution in [1.82, 2.24) is 4.98 Å². The van der Waals surface area contributed by atoms with Gasteiger partial charge >= 0.3 is 0 Å². The molecule has 0 atom stereocenters. The van der Waals surface area contributed by atoms with Gasteiger partial charge in [-0.25, -0.2) is 4.98 Å². The third-order valence-electron chi connectivity index (χ3n) is 1.39. The number of pyridine rings is 1. The Kier molecular flexibility index (Phi) is 3.35. The van der Waals surface area contributed by atoms with Gasteiger partial charge in [0.15, 0.2) is 0 Å². The predicted octanol–water partition coefficient (Wildman–Crippen LogP) is 0.494. The molecule has 4 nitrogen and oxygen atoms in total. The molecule has 66 valence electrons. The number of aromatic nitrogens is 1. The Morgan fingerprint density at radius 2 is 2.42 bits per heavy atom. The second kappa shape index (κ2) is 4.56. The van der Waals surface area contributed by atoms with E-state index >= 15 is 0 Å². The van der Waals surface area contributed by atoms with Crippen LogP contribution in [0.3, 0.4) is 0 Å². The highest BCUT2D eigenvalue weighted by Gasteiger charge is 1.92. The minimum atomic E-state index is 0.117. The molecule has 1 aromatic rings. The van der Waals surface area contributed by atoms with Crippen molar-refractivity contribution in [1.29, 1.82) is 0 Å². The number of aliphatic hydroxyl groups is 1. The highest BCUT2D eigenvalue weighted by Crippen LogP contribution is 2.09. The van der Waals surface area contributed by atoms with E-state index in [9.17, 15) is 0 Å². The zero-order valence-electron chi connectivity index (χ0n) is 6.95. The molecule has 0 unspecified atom stereocenters. The SMILES string of the molecule is COc1ccc(NCCO)cn1. The largest absolute Gasteiger partial charge is 0.481 e. The summed E-state index contributed by atoms with van der Waals surface area (Å²) in [6, 6.07) is 3.61. The average Bonchev–Trinajstić information content (AvgIpc) is 2.15. The summed E-state index contributed by atoms with van der Waals surface area (Å²) >= 11 is 0. The van der Waals surface area contributed by atoms with Crippen LogP contribution in [-0.2, 0) is 0 Å². The number of hydrogen-bond acceptors (Lipinski definition) is 4. The molecule has 0 fully saturated rings. The van der Waals surface area contributed by atoms with Gasteiger partial charge in [-0.05, 0) is 6.07 Å². The van der Waals surface area contributed by atoms with E-state index in [1.54, 1.807) is 19.4 Å². The topological polar surface area (TPSA) is 54.4 Å². The Labute approximate surface area is 71.2 Å². The summed E-state index contributed by atoms with van der Waals surface area (Å²) in [5.74, 6) is 0.588. The number of anilines is 1. The van der Waals surface area contributed by atoms with Crippen LogP contribution in [0.4, 0.5) is 5.69 Å².